The Bertz CT molecular complexity index is 1310. The smallest absolute Gasteiger partial charge is 0.268 e. The number of amides is 1. The molecule has 3 aromatic carbocycles. The Labute approximate surface area is 221 Å². The zero-order valence-electron chi connectivity index (χ0n) is 22.6. The summed E-state index contributed by atoms with van der Waals surface area (Å²) in [6, 6.07) is 26.7. The fourth-order valence-electron chi connectivity index (χ4n) is 5.76. The molecule has 1 fully saturated rings. The van der Waals surface area contributed by atoms with Crippen LogP contribution in [0.4, 0.5) is 0 Å². The number of nitrogens with zero attached hydrogens (tertiary/aromatic N) is 1. The van der Waals surface area contributed by atoms with Gasteiger partial charge in [-0.3, -0.25) is 4.79 Å². The van der Waals surface area contributed by atoms with Crippen LogP contribution in [0.3, 0.4) is 0 Å². The average Bonchev–Trinajstić information content (AvgIpc) is 3.51. The van der Waals surface area contributed by atoms with E-state index in [2.05, 4.69) is 102 Å². The molecule has 5 rings (SSSR count). The molecule has 0 bridgehead atoms. The molecule has 1 saturated heterocycles. The number of aryl methyl sites for hydroxylation is 3. The van der Waals surface area contributed by atoms with Crippen LogP contribution < -0.4 is 10.6 Å². The summed E-state index contributed by atoms with van der Waals surface area (Å²) in [5, 5.41) is 8.02. The Morgan fingerprint density at radius 1 is 0.946 bits per heavy atom. The molecule has 4 heteroatoms. The second kappa shape index (κ2) is 10.9. The van der Waals surface area contributed by atoms with Crippen LogP contribution in [0, 0.1) is 13.8 Å². The molecule has 0 radical (unpaired) electrons. The van der Waals surface area contributed by atoms with E-state index < -0.39 is 0 Å². The van der Waals surface area contributed by atoms with Gasteiger partial charge < -0.3 is 15.2 Å². The third-order valence-corrected chi connectivity index (χ3v) is 7.62. The Hall–Kier alpha value is -3.37. The van der Waals surface area contributed by atoms with Crippen molar-refractivity contribution in [2.45, 2.75) is 71.5 Å². The van der Waals surface area contributed by atoms with Gasteiger partial charge in [-0.1, -0.05) is 77.9 Å². The highest BCUT2D eigenvalue weighted by Gasteiger charge is 2.30. The standard InChI is InChI=1S/C33H39N3O/c1-22(2)35-33(37)32-31(28-9-5-6-10-29(28)36(32)21-19-27-8-7-20-34-27)30(25-15-11-23(3)12-16-25)26-17-13-24(4)14-18-26/h5-6,9-18,22,27,30,34H,7-8,19-21H2,1-4H3,(H,35,37). The number of carbonyl (C=O) groups excluding carboxylic acids is 1. The zero-order chi connectivity index (χ0) is 25.9. The lowest BCUT2D eigenvalue weighted by molar-refractivity contribution is 0.0932. The predicted octanol–water partition coefficient (Wildman–Crippen LogP) is 6.72. The first-order valence-corrected chi connectivity index (χ1v) is 13.7. The SMILES string of the molecule is Cc1ccc(C(c2ccc(C)cc2)c2c(C(=O)NC(C)C)n(CCC3CCCN3)c3ccccc23)cc1. The molecule has 192 valence electrons. The minimum atomic E-state index is -0.0510. The maximum atomic E-state index is 14.0. The molecule has 2 N–H and O–H groups in total. The molecule has 1 aliphatic heterocycles. The van der Waals surface area contributed by atoms with Crippen molar-refractivity contribution in [1.82, 2.24) is 15.2 Å². The first kappa shape index (κ1) is 25.3. The zero-order valence-corrected chi connectivity index (χ0v) is 22.6. The number of fused-ring (bicyclic) bond motifs is 1. The third-order valence-electron chi connectivity index (χ3n) is 7.62. The summed E-state index contributed by atoms with van der Waals surface area (Å²) >= 11 is 0. The van der Waals surface area contributed by atoms with Gasteiger partial charge in [0.2, 0.25) is 0 Å². The van der Waals surface area contributed by atoms with Crippen molar-refractivity contribution < 1.29 is 4.79 Å². The Morgan fingerprint density at radius 2 is 1.57 bits per heavy atom. The van der Waals surface area contributed by atoms with Crippen molar-refractivity contribution in [3.63, 3.8) is 0 Å². The van der Waals surface area contributed by atoms with Crippen LogP contribution in [-0.4, -0.2) is 29.1 Å². The molecule has 0 saturated carbocycles. The van der Waals surface area contributed by atoms with Gasteiger partial charge in [0, 0.05) is 41.0 Å². The predicted molar refractivity (Wildman–Crippen MR) is 153 cm³/mol. The van der Waals surface area contributed by atoms with Gasteiger partial charge in [-0.15, -0.1) is 0 Å². The van der Waals surface area contributed by atoms with Gasteiger partial charge in [0.25, 0.3) is 5.91 Å². The van der Waals surface area contributed by atoms with E-state index in [1.54, 1.807) is 0 Å². The average molecular weight is 494 g/mol. The number of benzene rings is 3. The van der Waals surface area contributed by atoms with Crippen molar-refractivity contribution in [3.05, 3.63) is 106 Å². The molecule has 4 nitrogen and oxygen atoms in total. The number of nitrogens with one attached hydrogen (secondary N) is 2. The lowest BCUT2D eigenvalue weighted by atomic mass is 9.83. The molecule has 0 aliphatic carbocycles. The highest BCUT2D eigenvalue weighted by atomic mass is 16.2. The molecular formula is C33H39N3O. The third kappa shape index (κ3) is 5.35. The maximum Gasteiger partial charge on any atom is 0.268 e. The van der Waals surface area contributed by atoms with E-state index >= 15 is 0 Å². The van der Waals surface area contributed by atoms with Crippen molar-refractivity contribution in [1.29, 1.82) is 0 Å². The van der Waals surface area contributed by atoms with E-state index in [0.29, 0.717) is 6.04 Å². The van der Waals surface area contributed by atoms with Crippen molar-refractivity contribution in [3.8, 4) is 0 Å². The van der Waals surface area contributed by atoms with Gasteiger partial charge >= 0.3 is 0 Å². The van der Waals surface area contributed by atoms with Gasteiger partial charge in [-0.25, -0.2) is 0 Å². The van der Waals surface area contributed by atoms with Gasteiger partial charge in [0.05, 0.1) is 0 Å². The van der Waals surface area contributed by atoms with Crippen LogP contribution >= 0.6 is 0 Å². The molecule has 1 aromatic heterocycles. The van der Waals surface area contributed by atoms with E-state index in [4.69, 9.17) is 0 Å². The molecular weight excluding hydrogens is 454 g/mol. The molecule has 1 unspecified atom stereocenters. The fraction of sp³-hybridized carbons (Fsp3) is 0.364. The largest absolute Gasteiger partial charge is 0.349 e. The fourth-order valence-corrected chi connectivity index (χ4v) is 5.76. The van der Waals surface area contributed by atoms with Gasteiger partial charge in [0.1, 0.15) is 5.69 Å². The lowest BCUT2D eigenvalue weighted by Gasteiger charge is -2.22. The number of hydrogen-bond acceptors (Lipinski definition) is 2. The molecule has 2 heterocycles. The normalized spacial score (nSPS) is 15.7. The van der Waals surface area contributed by atoms with E-state index in [1.165, 1.54) is 35.1 Å². The molecule has 4 aromatic rings. The van der Waals surface area contributed by atoms with E-state index in [0.717, 1.165) is 41.7 Å². The van der Waals surface area contributed by atoms with Crippen molar-refractivity contribution >= 4 is 16.8 Å². The summed E-state index contributed by atoms with van der Waals surface area (Å²) in [6.45, 7) is 10.2. The Morgan fingerprint density at radius 3 is 2.14 bits per heavy atom. The first-order valence-electron chi connectivity index (χ1n) is 13.7. The van der Waals surface area contributed by atoms with Gasteiger partial charge in [-0.05, 0) is 70.7 Å². The van der Waals surface area contributed by atoms with Crippen LogP contribution in [0.2, 0.25) is 0 Å². The number of para-hydroxylation sites is 1. The highest BCUT2D eigenvalue weighted by Crippen LogP contribution is 2.40. The molecule has 1 atom stereocenters. The topological polar surface area (TPSA) is 46.1 Å². The van der Waals surface area contributed by atoms with Crippen molar-refractivity contribution in [2.75, 3.05) is 6.54 Å². The minimum Gasteiger partial charge on any atom is -0.349 e. The first-order chi connectivity index (χ1) is 17.9. The summed E-state index contributed by atoms with van der Waals surface area (Å²) in [5.41, 5.74) is 7.89. The Kier molecular flexibility index (Phi) is 7.48. The van der Waals surface area contributed by atoms with Crippen LogP contribution in [0.1, 0.15) is 77.3 Å². The highest BCUT2D eigenvalue weighted by molar-refractivity contribution is 6.03. The van der Waals surface area contributed by atoms with E-state index in [-0.39, 0.29) is 17.9 Å². The van der Waals surface area contributed by atoms with Crippen LogP contribution in [0.25, 0.3) is 10.9 Å². The minimum absolute atomic E-state index is 0.00445. The molecule has 1 aliphatic rings. The van der Waals surface area contributed by atoms with Gasteiger partial charge in [-0.2, -0.15) is 0 Å². The summed E-state index contributed by atoms with van der Waals surface area (Å²) in [6.07, 6.45) is 3.45. The van der Waals surface area contributed by atoms with Crippen LogP contribution in [0.15, 0.2) is 72.8 Å². The number of hydrogen-bond donors (Lipinski definition) is 2. The number of carbonyl (C=O) groups is 1. The Balaban J connectivity index is 1.75. The quantitative estimate of drug-likeness (QED) is 0.286. The summed E-state index contributed by atoms with van der Waals surface area (Å²) in [5.74, 6) is -0.0466. The second-order valence-electron chi connectivity index (χ2n) is 10.9. The lowest BCUT2D eigenvalue weighted by Crippen LogP contribution is -2.33. The summed E-state index contributed by atoms with van der Waals surface area (Å²) < 4.78 is 2.29. The van der Waals surface area contributed by atoms with Crippen LogP contribution in [-0.2, 0) is 6.54 Å². The van der Waals surface area contributed by atoms with Crippen LogP contribution in [0.5, 0.6) is 0 Å². The molecule has 1 amide bonds. The maximum absolute atomic E-state index is 14.0. The van der Waals surface area contributed by atoms with E-state index in [9.17, 15) is 4.79 Å². The second-order valence-corrected chi connectivity index (χ2v) is 10.9. The number of rotatable bonds is 8. The van der Waals surface area contributed by atoms with E-state index in [1.807, 2.05) is 13.8 Å². The summed E-state index contributed by atoms with van der Waals surface area (Å²) in [7, 11) is 0. The molecule has 0 spiro atoms. The van der Waals surface area contributed by atoms with Gasteiger partial charge in [0.15, 0.2) is 0 Å². The monoisotopic (exact) mass is 493 g/mol. The van der Waals surface area contributed by atoms with Crippen molar-refractivity contribution in [2.24, 2.45) is 0 Å². The molecule has 37 heavy (non-hydrogen) atoms. The number of aromatic nitrogens is 1. The summed E-state index contributed by atoms with van der Waals surface area (Å²) in [4.78, 5) is 14.0.